The number of carboxylic acids is 6. The van der Waals surface area contributed by atoms with Gasteiger partial charge in [-0.3, -0.25) is 0 Å². The summed E-state index contributed by atoms with van der Waals surface area (Å²) in [7, 11) is 0. The monoisotopic (exact) mass is 1330 g/mol. The van der Waals surface area contributed by atoms with Crippen LogP contribution in [0, 0.1) is 0 Å². The van der Waals surface area contributed by atoms with Gasteiger partial charge in [0.15, 0.2) is 0 Å². The van der Waals surface area contributed by atoms with Crippen LogP contribution in [-0.2, 0) is 0 Å². The lowest BCUT2D eigenvalue weighted by Gasteiger charge is -2.14. The molecular formula is C90H58O12. The van der Waals surface area contributed by atoms with Crippen molar-refractivity contribution in [1.82, 2.24) is 0 Å². The standard InChI is InChI=1S/C90H58O12/c91-85(92)79-47-67(61-23-11-55(12-24-61)53-7-3-1-4-8-53)35-41-73(79)75-43-37-69(49-81(75)87(95)96)63-27-15-57(16-28-63)59-19-31-65(32-20-59)71-39-45-77(83(51-71)89(99)100)78-46-40-72(52-84(78)90(101)102)66-33-21-60(22-34-66)58-17-29-64(30-18-58)70-38-44-76(82(50-70)88(97)98)74-42-36-68(48-80(74)86(93)94)62-25-13-56(14-26-62)54-9-5-2-6-10-54/h1-52H,(H,91,92)(H,93,94)(H,95,96)(H,97,98)(H,99,100)(H,101,102). The minimum Gasteiger partial charge on any atom is -0.478 e. The zero-order valence-electron chi connectivity index (χ0n) is 54.2. The van der Waals surface area contributed by atoms with Gasteiger partial charge in [-0.25, -0.2) is 28.8 Å². The third-order valence-electron chi connectivity index (χ3n) is 18.6. The molecule has 490 valence electrons. The maximum absolute atomic E-state index is 13.0. The Bertz CT molecular complexity index is 5280. The first-order valence-electron chi connectivity index (χ1n) is 32.5. The summed E-state index contributed by atoms with van der Waals surface area (Å²) in [5.41, 5.74) is 17.1. The lowest BCUT2D eigenvalue weighted by molar-refractivity contribution is 0.0684. The van der Waals surface area contributed by atoms with Gasteiger partial charge < -0.3 is 30.6 Å². The van der Waals surface area contributed by atoms with Crippen LogP contribution in [0.2, 0.25) is 0 Å². The topological polar surface area (TPSA) is 224 Å². The Kier molecular flexibility index (Phi) is 17.8. The van der Waals surface area contributed by atoms with Gasteiger partial charge in [-0.15, -0.1) is 0 Å². The number of carboxylic acid groups (broad SMARTS) is 6. The largest absolute Gasteiger partial charge is 0.478 e. The molecule has 0 atom stereocenters. The van der Waals surface area contributed by atoms with Crippen molar-refractivity contribution in [3.05, 3.63) is 349 Å². The SMILES string of the molecule is O=C(O)c1cc(-c2ccc(-c3ccccc3)cc2)ccc1-c1ccc(-c2ccc(-c3ccc(-c4ccc(-c5ccc(-c6ccc(-c7ccc(-c8ccc(-c9ccc(-c%10ccc(-c%11ccccc%11)cc%10)cc9C(=O)O)c(C(=O)O)c8)cc7)cc6)cc5C(=O)O)c(C(=O)O)c4)cc3)cc2)cc1C(=O)O. The molecule has 12 heteroatoms. The minimum atomic E-state index is -1.24. The zero-order valence-corrected chi connectivity index (χ0v) is 54.2. The number of benzene rings is 14. The van der Waals surface area contributed by atoms with Gasteiger partial charge in [-0.2, -0.15) is 0 Å². The first-order chi connectivity index (χ1) is 49.5. The smallest absolute Gasteiger partial charge is 0.336 e. The highest BCUT2D eigenvalue weighted by Gasteiger charge is 2.24. The molecule has 0 saturated heterocycles. The van der Waals surface area contributed by atoms with Crippen LogP contribution in [0.15, 0.2) is 315 Å². The van der Waals surface area contributed by atoms with Crippen LogP contribution in [-0.4, -0.2) is 66.5 Å². The molecule has 102 heavy (non-hydrogen) atoms. The van der Waals surface area contributed by atoms with Crippen molar-refractivity contribution in [2.24, 2.45) is 0 Å². The van der Waals surface area contributed by atoms with E-state index in [0.717, 1.165) is 77.9 Å². The summed E-state index contributed by atoms with van der Waals surface area (Å²) in [4.78, 5) is 77.1. The molecule has 0 spiro atoms. The third kappa shape index (κ3) is 13.3. The van der Waals surface area contributed by atoms with E-state index in [0.29, 0.717) is 33.4 Å². The molecule has 0 radical (unpaired) electrons. The number of carbonyl (C=O) groups is 6. The van der Waals surface area contributed by atoms with E-state index < -0.39 is 35.8 Å². The quantitative estimate of drug-likeness (QED) is 0.0445. The fourth-order valence-corrected chi connectivity index (χ4v) is 13.2. The van der Waals surface area contributed by atoms with Gasteiger partial charge in [0.2, 0.25) is 0 Å². The van der Waals surface area contributed by atoms with Crippen molar-refractivity contribution in [2.75, 3.05) is 0 Å². The summed E-state index contributed by atoms with van der Waals surface area (Å²) in [5, 5.41) is 62.9. The van der Waals surface area contributed by atoms with Crippen LogP contribution in [0.25, 0.3) is 145 Å². The van der Waals surface area contributed by atoms with E-state index in [-0.39, 0.29) is 66.8 Å². The number of hydrogen-bond acceptors (Lipinski definition) is 6. The number of aromatic carboxylic acids is 6. The van der Waals surface area contributed by atoms with Gasteiger partial charge in [0.05, 0.1) is 33.4 Å². The van der Waals surface area contributed by atoms with Gasteiger partial charge in [-0.05, 0) is 181 Å². The molecule has 0 unspecified atom stereocenters. The first kappa shape index (κ1) is 65.2. The van der Waals surface area contributed by atoms with Crippen molar-refractivity contribution >= 4 is 35.8 Å². The van der Waals surface area contributed by atoms with E-state index in [1.807, 2.05) is 206 Å². The van der Waals surface area contributed by atoms with Crippen LogP contribution in [0.3, 0.4) is 0 Å². The van der Waals surface area contributed by atoms with Crippen molar-refractivity contribution < 1.29 is 59.4 Å². The van der Waals surface area contributed by atoms with Gasteiger partial charge in [0.1, 0.15) is 0 Å². The normalized spacial score (nSPS) is 11.0. The van der Waals surface area contributed by atoms with Crippen molar-refractivity contribution in [3.8, 4) is 145 Å². The van der Waals surface area contributed by atoms with E-state index in [9.17, 15) is 59.4 Å². The molecular weight excluding hydrogens is 1270 g/mol. The average Bonchev–Trinajstić information content (AvgIpc) is 0.820. The predicted octanol–water partition coefficient (Wildman–Crippen LogP) is 21.5. The summed E-state index contributed by atoms with van der Waals surface area (Å²) < 4.78 is 0. The highest BCUT2D eigenvalue weighted by Crippen LogP contribution is 2.40. The van der Waals surface area contributed by atoms with Crippen LogP contribution < -0.4 is 0 Å². The summed E-state index contributed by atoms with van der Waals surface area (Å²) >= 11 is 0. The molecule has 0 bridgehead atoms. The second-order valence-electron chi connectivity index (χ2n) is 24.6. The Morgan fingerprint density at radius 3 is 0.373 bits per heavy atom. The summed E-state index contributed by atoms with van der Waals surface area (Å²) in [5.74, 6) is -7.27. The molecule has 14 rings (SSSR count). The minimum absolute atomic E-state index is 0.0293. The Hall–Kier alpha value is -14.1. The van der Waals surface area contributed by atoms with Crippen molar-refractivity contribution in [1.29, 1.82) is 0 Å². The van der Waals surface area contributed by atoms with E-state index in [1.54, 1.807) is 97.1 Å². The molecule has 0 fully saturated rings. The Labute approximate surface area is 585 Å². The molecule has 0 saturated carbocycles. The van der Waals surface area contributed by atoms with Gasteiger partial charge >= 0.3 is 35.8 Å². The van der Waals surface area contributed by atoms with Gasteiger partial charge in [0, 0.05) is 0 Å². The molecule has 6 N–H and O–H groups in total. The molecule has 0 heterocycles. The van der Waals surface area contributed by atoms with Crippen LogP contribution in [0.5, 0.6) is 0 Å². The molecule has 0 aromatic heterocycles. The van der Waals surface area contributed by atoms with E-state index in [2.05, 4.69) is 0 Å². The second-order valence-corrected chi connectivity index (χ2v) is 24.6. The summed E-state index contributed by atoms with van der Waals surface area (Å²) in [6.07, 6.45) is 0. The van der Waals surface area contributed by atoms with E-state index in [1.165, 1.54) is 12.1 Å². The fraction of sp³-hybridized carbons (Fsp3) is 0. The molecule has 0 aliphatic heterocycles. The average molecular weight is 1330 g/mol. The van der Waals surface area contributed by atoms with E-state index in [4.69, 9.17) is 0 Å². The Morgan fingerprint density at radius 2 is 0.245 bits per heavy atom. The first-order valence-corrected chi connectivity index (χ1v) is 32.5. The maximum atomic E-state index is 13.0. The molecule has 14 aromatic rings. The molecule has 0 aliphatic carbocycles. The fourth-order valence-electron chi connectivity index (χ4n) is 13.2. The van der Waals surface area contributed by atoms with Crippen LogP contribution in [0.1, 0.15) is 62.1 Å². The molecule has 0 amide bonds. The van der Waals surface area contributed by atoms with Crippen LogP contribution in [0.4, 0.5) is 0 Å². The third-order valence-corrected chi connectivity index (χ3v) is 18.6. The predicted molar refractivity (Wildman–Crippen MR) is 399 cm³/mol. The summed E-state index contributed by atoms with van der Waals surface area (Å²) in [6.45, 7) is 0. The Balaban J connectivity index is 0.646. The van der Waals surface area contributed by atoms with Gasteiger partial charge in [-0.1, -0.05) is 279 Å². The zero-order chi connectivity index (χ0) is 70.7. The molecule has 14 aromatic carbocycles. The second kappa shape index (κ2) is 27.8. The van der Waals surface area contributed by atoms with Gasteiger partial charge in [0.25, 0.3) is 0 Å². The van der Waals surface area contributed by atoms with Crippen molar-refractivity contribution in [2.45, 2.75) is 0 Å². The van der Waals surface area contributed by atoms with Crippen LogP contribution >= 0.6 is 0 Å². The highest BCUT2D eigenvalue weighted by atomic mass is 16.4. The van der Waals surface area contributed by atoms with E-state index >= 15 is 0 Å². The number of hydrogen-bond donors (Lipinski definition) is 6. The lowest BCUT2D eigenvalue weighted by Crippen LogP contribution is -2.05. The highest BCUT2D eigenvalue weighted by molar-refractivity contribution is 6.07. The molecule has 0 aliphatic rings. The maximum Gasteiger partial charge on any atom is 0.336 e. The lowest BCUT2D eigenvalue weighted by atomic mass is 9.89. The Morgan fingerprint density at radius 1 is 0.137 bits per heavy atom. The van der Waals surface area contributed by atoms with Crippen molar-refractivity contribution in [3.63, 3.8) is 0 Å². The molecule has 12 nitrogen and oxygen atoms in total. The summed E-state index contributed by atoms with van der Waals surface area (Å²) in [6, 6.07) is 95.4. The number of rotatable bonds is 19.